The van der Waals surface area contributed by atoms with Gasteiger partial charge in [-0.1, -0.05) is 39.0 Å². The van der Waals surface area contributed by atoms with Crippen LogP contribution in [0.5, 0.6) is 0 Å². The molecule has 4 heteroatoms. The maximum absolute atomic E-state index is 6.16. The summed E-state index contributed by atoms with van der Waals surface area (Å²) in [6.45, 7) is 15.3. The Kier molecular flexibility index (Phi) is 3.97. The highest BCUT2D eigenvalue weighted by molar-refractivity contribution is 5.92. The zero-order valence-electron chi connectivity index (χ0n) is 18.2. The van der Waals surface area contributed by atoms with Crippen LogP contribution in [0.1, 0.15) is 53.0 Å². The predicted molar refractivity (Wildman–Crippen MR) is 115 cm³/mol. The van der Waals surface area contributed by atoms with Crippen LogP contribution in [0.25, 0.3) is 33.5 Å². The average Bonchev–Trinajstić information content (AvgIpc) is 3.14. The fourth-order valence-electron chi connectivity index (χ4n) is 3.97. The van der Waals surface area contributed by atoms with E-state index in [2.05, 4.69) is 95.0 Å². The van der Waals surface area contributed by atoms with E-state index in [4.69, 9.17) is 9.40 Å². The molecule has 0 fully saturated rings. The molecule has 0 aliphatic heterocycles. The van der Waals surface area contributed by atoms with Gasteiger partial charge in [-0.2, -0.15) is 0 Å². The molecule has 28 heavy (non-hydrogen) atoms. The standard InChI is InChI=1S/C24H30N3O/c1-15-13-14-18-20(25-22(28-18)23(2,3)4)19(15)21-26(8)16-11-9-10-12-17(16)27(21)24(5,6)7/h9-14H,1-8H3/q+1. The minimum absolute atomic E-state index is 0.0820. The van der Waals surface area contributed by atoms with Crippen LogP contribution < -0.4 is 4.57 Å². The number of nitrogens with zero attached hydrogens (tertiary/aromatic N) is 3. The molecule has 0 aliphatic rings. The molecule has 4 aromatic rings. The summed E-state index contributed by atoms with van der Waals surface area (Å²) in [4.78, 5) is 4.96. The van der Waals surface area contributed by atoms with E-state index in [1.54, 1.807) is 0 Å². The van der Waals surface area contributed by atoms with Gasteiger partial charge in [0.15, 0.2) is 16.6 Å². The summed E-state index contributed by atoms with van der Waals surface area (Å²) in [6.07, 6.45) is 0. The number of benzene rings is 2. The molecule has 0 amide bonds. The van der Waals surface area contributed by atoms with Crippen molar-refractivity contribution in [1.82, 2.24) is 9.55 Å². The van der Waals surface area contributed by atoms with Gasteiger partial charge in [0.05, 0.1) is 12.6 Å². The minimum Gasteiger partial charge on any atom is -0.440 e. The highest BCUT2D eigenvalue weighted by atomic mass is 16.3. The summed E-state index contributed by atoms with van der Waals surface area (Å²) in [5.41, 5.74) is 6.34. The molecule has 2 heterocycles. The Hall–Kier alpha value is -2.62. The third kappa shape index (κ3) is 2.74. The second-order valence-corrected chi connectivity index (χ2v) is 9.75. The van der Waals surface area contributed by atoms with Gasteiger partial charge in [-0.15, -0.1) is 0 Å². The lowest BCUT2D eigenvalue weighted by Gasteiger charge is -2.19. The van der Waals surface area contributed by atoms with Crippen molar-refractivity contribution in [3.05, 3.63) is 47.9 Å². The Morgan fingerprint density at radius 2 is 1.64 bits per heavy atom. The van der Waals surface area contributed by atoms with E-state index in [0.717, 1.165) is 28.4 Å². The van der Waals surface area contributed by atoms with Gasteiger partial charge in [0.2, 0.25) is 5.89 Å². The van der Waals surface area contributed by atoms with Crippen LogP contribution >= 0.6 is 0 Å². The minimum atomic E-state index is -0.136. The van der Waals surface area contributed by atoms with Gasteiger partial charge in [0.1, 0.15) is 11.1 Å². The van der Waals surface area contributed by atoms with Crippen LogP contribution in [0, 0.1) is 6.92 Å². The molecular formula is C24H30N3O+. The maximum atomic E-state index is 6.16. The molecule has 0 saturated heterocycles. The van der Waals surface area contributed by atoms with Crippen molar-refractivity contribution in [3.8, 4) is 11.4 Å². The monoisotopic (exact) mass is 376 g/mol. The molecule has 0 N–H and O–H groups in total. The number of oxazole rings is 1. The van der Waals surface area contributed by atoms with Gasteiger partial charge in [0.25, 0.3) is 5.82 Å². The van der Waals surface area contributed by atoms with Crippen LogP contribution in [-0.2, 0) is 18.0 Å². The van der Waals surface area contributed by atoms with Gasteiger partial charge < -0.3 is 4.42 Å². The molecule has 2 aromatic heterocycles. The molecule has 4 nitrogen and oxygen atoms in total. The van der Waals surface area contributed by atoms with Gasteiger partial charge in [-0.25, -0.2) is 14.1 Å². The van der Waals surface area contributed by atoms with Crippen LogP contribution in [0.4, 0.5) is 0 Å². The Bertz CT molecular complexity index is 1200. The van der Waals surface area contributed by atoms with Crippen LogP contribution in [-0.4, -0.2) is 9.55 Å². The molecular weight excluding hydrogens is 346 g/mol. The number of para-hydroxylation sites is 2. The lowest BCUT2D eigenvalue weighted by atomic mass is 9.97. The Morgan fingerprint density at radius 3 is 2.29 bits per heavy atom. The van der Waals surface area contributed by atoms with E-state index in [-0.39, 0.29) is 11.0 Å². The zero-order valence-corrected chi connectivity index (χ0v) is 18.2. The molecule has 2 aromatic carbocycles. The maximum Gasteiger partial charge on any atom is 0.292 e. The average molecular weight is 377 g/mol. The smallest absolute Gasteiger partial charge is 0.292 e. The molecule has 0 atom stereocenters. The summed E-state index contributed by atoms with van der Waals surface area (Å²) in [6, 6.07) is 12.8. The lowest BCUT2D eigenvalue weighted by Crippen LogP contribution is -2.33. The predicted octanol–water partition coefficient (Wildman–Crippen LogP) is 5.63. The van der Waals surface area contributed by atoms with Gasteiger partial charge in [-0.3, -0.25) is 0 Å². The number of hydrogen-bond donors (Lipinski definition) is 0. The first kappa shape index (κ1) is 18.7. The van der Waals surface area contributed by atoms with E-state index in [1.807, 2.05) is 6.07 Å². The summed E-state index contributed by atoms with van der Waals surface area (Å²) >= 11 is 0. The van der Waals surface area contributed by atoms with Crippen LogP contribution in [0.3, 0.4) is 0 Å². The molecule has 0 saturated carbocycles. The van der Waals surface area contributed by atoms with Crippen molar-refractivity contribution < 1.29 is 8.98 Å². The van der Waals surface area contributed by atoms with Crippen LogP contribution in [0.2, 0.25) is 0 Å². The quantitative estimate of drug-likeness (QED) is 0.403. The van der Waals surface area contributed by atoms with Gasteiger partial charge >= 0.3 is 0 Å². The molecule has 0 aliphatic carbocycles. The Balaban J connectivity index is 2.17. The summed E-state index contributed by atoms with van der Waals surface area (Å²) in [7, 11) is 2.14. The number of aromatic nitrogens is 3. The number of aryl methyl sites for hydroxylation is 2. The second-order valence-electron chi connectivity index (χ2n) is 9.75. The summed E-state index contributed by atoms with van der Waals surface area (Å²) in [5, 5.41) is 0. The van der Waals surface area contributed by atoms with E-state index < -0.39 is 0 Å². The molecule has 0 spiro atoms. The van der Waals surface area contributed by atoms with E-state index in [1.165, 1.54) is 16.6 Å². The molecule has 0 unspecified atom stereocenters. The number of rotatable bonds is 1. The third-order valence-corrected chi connectivity index (χ3v) is 5.32. The lowest BCUT2D eigenvalue weighted by molar-refractivity contribution is -0.634. The van der Waals surface area contributed by atoms with Crippen molar-refractivity contribution in [2.24, 2.45) is 7.05 Å². The van der Waals surface area contributed by atoms with Gasteiger partial charge in [-0.05, 0) is 51.5 Å². The third-order valence-electron chi connectivity index (χ3n) is 5.32. The molecule has 146 valence electrons. The first-order chi connectivity index (χ1) is 13.0. The normalized spacial score (nSPS) is 13.0. The van der Waals surface area contributed by atoms with E-state index in [9.17, 15) is 0 Å². The van der Waals surface area contributed by atoms with Crippen molar-refractivity contribution in [1.29, 1.82) is 0 Å². The van der Waals surface area contributed by atoms with Crippen molar-refractivity contribution in [2.75, 3.05) is 0 Å². The highest BCUT2D eigenvalue weighted by Crippen LogP contribution is 2.37. The van der Waals surface area contributed by atoms with Crippen molar-refractivity contribution in [2.45, 2.75) is 59.4 Å². The topological polar surface area (TPSA) is 34.8 Å². The largest absolute Gasteiger partial charge is 0.440 e. The summed E-state index contributed by atoms with van der Waals surface area (Å²) in [5.74, 6) is 1.93. The van der Waals surface area contributed by atoms with E-state index in [0.29, 0.717) is 0 Å². The van der Waals surface area contributed by atoms with Crippen LogP contribution in [0.15, 0.2) is 40.8 Å². The second kappa shape index (κ2) is 5.94. The fraction of sp³-hybridized carbons (Fsp3) is 0.417. The molecule has 0 bridgehead atoms. The number of imidazole rings is 1. The van der Waals surface area contributed by atoms with Gasteiger partial charge in [0, 0.05) is 5.41 Å². The van der Waals surface area contributed by atoms with Crippen molar-refractivity contribution >= 4 is 22.1 Å². The SMILES string of the molecule is Cc1ccc2oc(C(C)(C)C)nc2c1-c1n(C(C)(C)C)c2ccccc2[n+]1C. The van der Waals surface area contributed by atoms with E-state index >= 15 is 0 Å². The Morgan fingerprint density at radius 1 is 0.964 bits per heavy atom. The Labute approximate surface area is 166 Å². The molecule has 4 rings (SSSR count). The number of fused-ring (bicyclic) bond motifs is 2. The first-order valence-corrected chi connectivity index (χ1v) is 9.91. The zero-order chi connectivity index (χ0) is 20.4. The highest BCUT2D eigenvalue weighted by Gasteiger charge is 2.35. The summed E-state index contributed by atoms with van der Waals surface area (Å²) < 4.78 is 10.9. The van der Waals surface area contributed by atoms with Crippen molar-refractivity contribution in [3.63, 3.8) is 0 Å². The number of hydrogen-bond acceptors (Lipinski definition) is 2. The molecule has 0 radical (unpaired) electrons. The fourth-order valence-corrected chi connectivity index (χ4v) is 3.97. The first-order valence-electron chi connectivity index (χ1n) is 9.91.